The van der Waals surface area contributed by atoms with Gasteiger partial charge in [0.25, 0.3) is 5.91 Å². The van der Waals surface area contributed by atoms with E-state index in [1.54, 1.807) is 48.7 Å². The van der Waals surface area contributed by atoms with Crippen LogP contribution in [0.5, 0.6) is 0 Å². The fourth-order valence-electron chi connectivity index (χ4n) is 7.61. The molecule has 3 atom stereocenters. The number of carbonyl (C=O) groups excluding carboxylic acids is 4. The topological polar surface area (TPSA) is 158 Å². The normalized spacial score (nSPS) is 20.9. The Morgan fingerprint density at radius 2 is 1.65 bits per heavy atom. The summed E-state index contributed by atoms with van der Waals surface area (Å²) in [7, 11) is 0. The molecule has 1 aromatic heterocycles. The Balaban J connectivity index is 1.16. The second-order valence-corrected chi connectivity index (χ2v) is 15.3. The largest absolute Gasteiger partial charge is 0.390 e. The van der Waals surface area contributed by atoms with Gasteiger partial charge in [0, 0.05) is 51.3 Å². The maximum Gasteiger partial charge on any atom is 0.270 e. The van der Waals surface area contributed by atoms with E-state index in [4.69, 9.17) is 4.74 Å². The number of anilines is 1. The highest BCUT2D eigenvalue weighted by molar-refractivity contribution is 6.01. The van der Waals surface area contributed by atoms with Crippen LogP contribution in [0.1, 0.15) is 87.7 Å². The van der Waals surface area contributed by atoms with Crippen LogP contribution in [0.4, 0.5) is 10.1 Å². The van der Waals surface area contributed by atoms with Crippen molar-refractivity contribution in [3.8, 4) is 0 Å². The molecule has 6 rings (SSSR count). The number of hydrogen-bond acceptors (Lipinski definition) is 8. The zero-order valence-electron chi connectivity index (χ0n) is 30.6. The van der Waals surface area contributed by atoms with E-state index in [9.17, 15) is 24.3 Å². The number of nitrogens with one attached hydrogen (secondary N) is 3. The fraction of sp³-hybridized carbons (Fsp3) is 0.658. The van der Waals surface area contributed by atoms with Gasteiger partial charge in [-0.15, -0.1) is 0 Å². The highest BCUT2D eigenvalue weighted by atomic mass is 19.1. The van der Waals surface area contributed by atoms with Gasteiger partial charge < -0.3 is 30.7 Å². The molecule has 2 aliphatic carbocycles. The summed E-state index contributed by atoms with van der Waals surface area (Å²) >= 11 is 0. The number of likely N-dealkylation sites (tertiary alicyclic amines) is 1. The van der Waals surface area contributed by atoms with Crippen molar-refractivity contribution in [1.29, 1.82) is 0 Å². The molecule has 0 unspecified atom stereocenters. The van der Waals surface area contributed by atoms with E-state index < -0.39 is 41.2 Å². The van der Waals surface area contributed by atoms with Gasteiger partial charge in [0.1, 0.15) is 23.6 Å². The number of amides is 4. The predicted octanol–water partition coefficient (Wildman–Crippen LogP) is 2.90. The Hall–Kier alpha value is -3.88. The van der Waals surface area contributed by atoms with Gasteiger partial charge in [0.15, 0.2) is 0 Å². The van der Waals surface area contributed by atoms with E-state index in [-0.39, 0.29) is 29.8 Å². The molecule has 4 fully saturated rings. The molecule has 2 aliphatic heterocycles. The molecule has 4 amide bonds. The van der Waals surface area contributed by atoms with Gasteiger partial charge in [-0.2, -0.15) is 5.10 Å². The average Bonchev–Trinajstić information content (AvgIpc) is 4.09. The first-order valence-corrected chi connectivity index (χ1v) is 19.0. The van der Waals surface area contributed by atoms with Crippen molar-refractivity contribution in [1.82, 2.24) is 30.2 Å². The molecule has 4 N–H and O–H groups in total. The Kier molecular flexibility index (Phi) is 12.0. The van der Waals surface area contributed by atoms with Crippen LogP contribution in [-0.4, -0.2) is 112 Å². The van der Waals surface area contributed by atoms with Crippen LogP contribution in [0.3, 0.4) is 0 Å². The summed E-state index contributed by atoms with van der Waals surface area (Å²) in [6, 6.07) is 4.29. The molecule has 3 heterocycles. The number of halogens is 1. The number of ether oxygens (including phenoxy) is 1. The maximum absolute atomic E-state index is 15.9. The van der Waals surface area contributed by atoms with E-state index in [0.29, 0.717) is 68.8 Å². The molecule has 4 aliphatic rings. The van der Waals surface area contributed by atoms with Crippen LogP contribution in [0.15, 0.2) is 30.5 Å². The maximum atomic E-state index is 15.9. The Morgan fingerprint density at radius 3 is 2.27 bits per heavy atom. The Bertz CT molecular complexity index is 1580. The van der Waals surface area contributed by atoms with E-state index >= 15 is 4.39 Å². The van der Waals surface area contributed by atoms with E-state index in [1.165, 1.54) is 12.1 Å². The number of aromatic nitrogens is 2. The van der Waals surface area contributed by atoms with Crippen molar-refractivity contribution in [3.05, 3.63) is 47.5 Å². The molecule has 2 aromatic rings. The highest BCUT2D eigenvalue weighted by Gasteiger charge is 2.48. The highest BCUT2D eigenvalue weighted by Crippen LogP contribution is 2.51. The van der Waals surface area contributed by atoms with Crippen molar-refractivity contribution < 1.29 is 33.4 Å². The third kappa shape index (κ3) is 9.37. The molecule has 14 heteroatoms. The molecular formula is C38H54FN7O6. The summed E-state index contributed by atoms with van der Waals surface area (Å²) in [4.78, 5) is 57.9. The van der Waals surface area contributed by atoms with Crippen LogP contribution in [0.25, 0.3) is 0 Å². The zero-order chi connectivity index (χ0) is 37.0. The molecule has 2 saturated carbocycles. The molecule has 0 spiro atoms. The van der Waals surface area contributed by atoms with Gasteiger partial charge in [0.2, 0.25) is 17.7 Å². The molecule has 1 aromatic carbocycles. The first-order valence-electron chi connectivity index (χ1n) is 19.0. The van der Waals surface area contributed by atoms with Crippen LogP contribution < -0.4 is 16.0 Å². The van der Waals surface area contributed by atoms with Gasteiger partial charge in [-0.1, -0.05) is 19.9 Å². The number of carbonyl (C=O) groups is 4. The van der Waals surface area contributed by atoms with Crippen molar-refractivity contribution in [2.24, 2.45) is 17.8 Å². The Labute approximate surface area is 305 Å². The van der Waals surface area contributed by atoms with Gasteiger partial charge in [0.05, 0.1) is 31.0 Å². The zero-order valence-corrected chi connectivity index (χ0v) is 30.6. The van der Waals surface area contributed by atoms with Crippen molar-refractivity contribution in [2.75, 3.05) is 51.3 Å². The van der Waals surface area contributed by atoms with Crippen LogP contribution >= 0.6 is 0 Å². The molecule has 2 saturated heterocycles. The van der Waals surface area contributed by atoms with Crippen molar-refractivity contribution in [3.63, 3.8) is 0 Å². The van der Waals surface area contributed by atoms with Crippen LogP contribution in [0, 0.1) is 23.6 Å². The summed E-state index contributed by atoms with van der Waals surface area (Å²) in [6.45, 7) is 10.2. The summed E-state index contributed by atoms with van der Waals surface area (Å²) in [6.07, 6.45) is 6.58. The lowest BCUT2D eigenvalue weighted by atomic mass is 9.88. The number of hydrogen-bond donors (Lipinski definition) is 4. The second kappa shape index (κ2) is 16.4. The van der Waals surface area contributed by atoms with Crippen molar-refractivity contribution in [2.45, 2.75) is 95.9 Å². The minimum Gasteiger partial charge on any atom is -0.390 e. The second-order valence-electron chi connectivity index (χ2n) is 15.3. The van der Waals surface area contributed by atoms with Gasteiger partial charge in [-0.3, -0.25) is 28.8 Å². The predicted molar refractivity (Wildman–Crippen MR) is 192 cm³/mol. The molecule has 0 radical (unpaired) electrons. The summed E-state index contributed by atoms with van der Waals surface area (Å²) in [5.41, 5.74) is -0.0214. The van der Waals surface area contributed by atoms with Gasteiger partial charge in [-0.05, 0) is 87.0 Å². The number of benzene rings is 1. The number of nitrogens with zero attached hydrogens (tertiary/aromatic N) is 4. The summed E-state index contributed by atoms with van der Waals surface area (Å²) in [5.74, 6) is -2.12. The molecule has 52 heavy (non-hydrogen) atoms. The monoisotopic (exact) mass is 723 g/mol. The lowest BCUT2D eigenvalue weighted by Gasteiger charge is -2.38. The van der Waals surface area contributed by atoms with Crippen LogP contribution in [-0.2, 0) is 25.7 Å². The standard InChI is InChI=1S/C38H54FN7O6/c1-4-31(47)42-33(37(50)45-15-12-38(3,51)13-16-45)24(2)27-9-10-29(28(39)23-27)41-36(49)34(32(25-5-6-25)26-7-8-26)43-35(48)30-11-14-40-46(30)18-17-44-19-21-52-22-20-44/h9-11,14,23-26,32-34,51H,4-8,12-13,15-22H2,1-3H3,(H,41,49)(H,42,47)(H,43,48)/t24-,33+,34-/m0/s1. The van der Waals surface area contributed by atoms with Crippen LogP contribution in [0.2, 0.25) is 0 Å². The molecule has 13 nitrogen and oxygen atoms in total. The lowest BCUT2D eigenvalue weighted by molar-refractivity contribution is -0.140. The number of morpholine rings is 1. The average molecular weight is 724 g/mol. The van der Waals surface area contributed by atoms with Gasteiger partial charge >= 0.3 is 0 Å². The van der Waals surface area contributed by atoms with Gasteiger partial charge in [-0.25, -0.2) is 4.39 Å². The fourth-order valence-corrected chi connectivity index (χ4v) is 7.61. The first-order chi connectivity index (χ1) is 24.9. The van der Waals surface area contributed by atoms with E-state index in [1.807, 2.05) is 0 Å². The van der Waals surface area contributed by atoms with E-state index in [2.05, 4.69) is 25.9 Å². The Morgan fingerprint density at radius 1 is 0.981 bits per heavy atom. The third-order valence-corrected chi connectivity index (χ3v) is 11.3. The summed E-state index contributed by atoms with van der Waals surface area (Å²) in [5, 5.41) is 23.4. The lowest BCUT2D eigenvalue weighted by Crippen LogP contribution is -2.54. The van der Waals surface area contributed by atoms with Crippen molar-refractivity contribution >= 4 is 29.3 Å². The van der Waals surface area contributed by atoms with E-state index in [0.717, 1.165) is 45.3 Å². The third-order valence-electron chi connectivity index (χ3n) is 11.3. The molecular weight excluding hydrogens is 669 g/mol. The number of piperidine rings is 1. The molecule has 0 bridgehead atoms. The number of aliphatic hydroxyl groups is 1. The minimum atomic E-state index is -0.935. The SMILES string of the molecule is CCC(=O)N[C@@H](C(=O)N1CCC(C)(O)CC1)[C@@H](C)c1ccc(NC(=O)[C@@H](NC(=O)c2ccnn2CCN2CCOCC2)C(C2CC2)C2CC2)c(F)c1. The quantitative estimate of drug-likeness (QED) is 0.219. The molecule has 284 valence electrons. The summed E-state index contributed by atoms with van der Waals surface area (Å²) < 4.78 is 23.0. The first kappa shape index (κ1) is 37.9. The number of rotatable bonds is 15. The minimum absolute atomic E-state index is 0.0279. The smallest absolute Gasteiger partial charge is 0.270 e.